The monoisotopic (exact) mass is 498 g/mol. The van der Waals surface area contributed by atoms with E-state index in [2.05, 4.69) is 50.6 Å². The topological polar surface area (TPSA) is 60.9 Å². The van der Waals surface area contributed by atoms with Gasteiger partial charge < -0.3 is 10.0 Å². The molecule has 0 saturated carbocycles. The maximum Gasteiger partial charge on any atom is 0.244 e. The van der Waals surface area contributed by atoms with Crippen LogP contribution < -0.4 is 0 Å². The second-order valence-corrected chi connectivity index (χ2v) is 9.66. The molecule has 1 rings (SSSR count). The Balaban J connectivity index is 2.91. The van der Waals surface area contributed by atoms with Crippen molar-refractivity contribution in [3.63, 3.8) is 0 Å². The Morgan fingerprint density at radius 1 is 1.08 bits per heavy atom. The van der Waals surface area contributed by atoms with Crippen LogP contribution in [0.1, 0.15) is 33.6 Å². The Kier molecular flexibility index (Phi) is 10.1. The fourth-order valence-electron chi connectivity index (χ4n) is 2.73. The quantitative estimate of drug-likeness (QED) is 0.504. The number of benzene rings is 1. The highest BCUT2D eigenvalue weighted by molar-refractivity contribution is 9.11. The van der Waals surface area contributed by atoms with Crippen LogP contribution in [-0.2, 0) is 10.0 Å². The van der Waals surface area contributed by atoms with Gasteiger partial charge in [-0.3, -0.25) is 0 Å². The van der Waals surface area contributed by atoms with Crippen molar-refractivity contribution in [3.05, 3.63) is 27.1 Å². The zero-order valence-corrected chi connectivity index (χ0v) is 19.1. The van der Waals surface area contributed by atoms with Crippen LogP contribution in [0.4, 0.5) is 0 Å². The van der Waals surface area contributed by atoms with E-state index in [4.69, 9.17) is 0 Å². The first kappa shape index (κ1) is 23.0. The Hall–Kier alpha value is 0.01000. The number of hydrogen-bond donors (Lipinski definition) is 1. The van der Waals surface area contributed by atoms with Gasteiger partial charge in [-0.2, -0.15) is 4.31 Å². The van der Waals surface area contributed by atoms with Crippen LogP contribution in [0.25, 0.3) is 0 Å². The van der Waals surface area contributed by atoms with Gasteiger partial charge in [-0.25, -0.2) is 8.42 Å². The number of sulfonamides is 1. The maximum atomic E-state index is 13.0. The summed E-state index contributed by atoms with van der Waals surface area (Å²) in [6, 6.07) is 5.06. The minimum atomic E-state index is -3.68. The van der Waals surface area contributed by atoms with Crippen LogP contribution in [0.15, 0.2) is 32.0 Å². The zero-order chi connectivity index (χ0) is 19.0. The molecule has 1 aromatic carbocycles. The first-order valence-electron chi connectivity index (χ1n) is 8.61. The molecule has 8 heteroatoms. The molecule has 0 radical (unpaired) electrons. The summed E-state index contributed by atoms with van der Waals surface area (Å²) >= 11 is 6.63. The average molecular weight is 500 g/mol. The van der Waals surface area contributed by atoms with Crippen molar-refractivity contribution in [2.45, 2.75) is 44.6 Å². The Labute approximate surface area is 168 Å². The van der Waals surface area contributed by atoms with E-state index < -0.39 is 16.1 Å². The standard InChI is InChI=1S/C17H28Br2N2O3S/c1-4-9-20(10-5-2)12-15(22)13-21(6-3)25(23,24)17-11-14(18)7-8-16(17)19/h7-8,11,15,22H,4-6,9-10,12-13H2,1-3H3. The van der Waals surface area contributed by atoms with E-state index in [-0.39, 0.29) is 11.4 Å². The van der Waals surface area contributed by atoms with Crippen LogP contribution in [0.5, 0.6) is 0 Å². The zero-order valence-electron chi connectivity index (χ0n) is 15.1. The van der Waals surface area contributed by atoms with Gasteiger partial charge in [0.05, 0.1) is 11.0 Å². The smallest absolute Gasteiger partial charge is 0.244 e. The van der Waals surface area contributed by atoms with Crippen molar-refractivity contribution in [2.75, 3.05) is 32.7 Å². The van der Waals surface area contributed by atoms with Gasteiger partial charge in [-0.05, 0) is 60.1 Å². The van der Waals surface area contributed by atoms with Gasteiger partial charge in [-0.15, -0.1) is 0 Å². The summed E-state index contributed by atoms with van der Waals surface area (Å²) < 4.78 is 28.5. The van der Waals surface area contributed by atoms with E-state index in [0.717, 1.165) is 25.9 Å². The fraction of sp³-hybridized carbons (Fsp3) is 0.647. The summed E-state index contributed by atoms with van der Waals surface area (Å²) in [5, 5.41) is 10.4. The summed E-state index contributed by atoms with van der Waals surface area (Å²) in [7, 11) is -3.68. The molecular formula is C17H28Br2N2O3S. The highest BCUT2D eigenvalue weighted by Crippen LogP contribution is 2.28. The van der Waals surface area contributed by atoms with E-state index in [1.54, 1.807) is 25.1 Å². The molecule has 0 aliphatic carbocycles. The molecule has 0 bridgehead atoms. The molecule has 5 nitrogen and oxygen atoms in total. The first-order chi connectivity index (χ1) is 11.8. The lowest BCUT2D eigenvalue weighted by Crippen LogP contribution is -2.43. The first-order valence-corrected chi connectivity index (χ1v) is 11.6. The lowest BCUT2D eigenvalue weighted by Gasteiger charge is -2.28. The van der Waals surface area contributed by atoms with E-state index in [1.165, 1.54) is 4.31 Å². The molecule has 0 fully saturated rings. The lowest BCUT2D eigenvalue weighted by molar-refractivity contribution is 0.0954. The number of hydrogen-bond acceptors (Lipinski definition) is 4. The predicted molar refractivity (Wildman–Crippen MR) is 109 cm³/mol. The summed E-state index contributed by atoms with van der Waals surface area (Å²) in [5.41, 5.74) is 0. The van der Waals surface area contributed by atoms with Gasteiger partial charge in [-0.1, -0.05) is 36.7 Å². The number of likely N-dealkylation sites (N-methyl/N-ethyl adjacent to an activating group) is 1. The van der Waals surface area contributed by atoms with Gasteiger partial charge in [0.2, 0.25) is 10.0 Å². The van der Waals surface area contributed by atoms with Crippen molar-refractivity contribution >= 4 is 41.9 Å². The van der Waals surface area contributed by atoms with E-state index in [1.807, 2.05) is 0 Å². The number of aliphatic hydroxyl groups is 1. The van der Waals surface area contributed by atoms with Crippen molar-refractivity contribution in [2.24, 2.45) is 0 Å². The van der Waals surface area contributed by atoms with E-state index in [0.29, 0.717) is 22.0 Å². The predicted octanol–water partition coefficient (Wildman–Crippen LogP) is 3.71. The second kappa shape index (κ2) is 11.0. The fourth-order valence-corrected chi connectivity index (χ4v) is 5.68. The van der Waals surface area contributed by atoms with Crippen LogP contribution >= 0.6 is 31.9 Å². The molecule has 0 aliphatic rings. The van der Waals surface area contributed by atoms with Gasteiger partial charge in [0.1, 0.15) is 0 Å². The number of halogens is 2. The Bertz CT molecular complexity index is 635. The van der Waals surface area contributed by atoms with Gasteiger partial charge in [0.25, 0.3) is 0 Å². The summed E-state index contributed by atoms with van der Waals surface area (Å²) in [6.45, 7) is 8.66. The molecule has 1 unspecified atom stereocenters. The molecule has 0 amide bonds. The molecular weight excluding hydrogens is 472 g/mol. The Morgan fingerprint density at radius 2 is 1.68 bits per heavy atom. The van der Waals surface area contributed by atoms with Gasteiger partial charge in [0, 0.05) is 28.6 Å². The minimum absolute atomic E-state index is 0.0850. The van der Waals surface area contributed by atoms with Gasteiger partial charge >= 0.3 is 0 Å². The molecule has 0 saturated heterocycles. The molecule has 1 aromatic rings. The van der Waals surface area contributed by atoms with Crippen molar-refractivity contribution < 1.29 is 13.5 Å². The molecule has 0 aromatic heterocycles. The maximum absolute atomic E-state index is 13.0. The minimum Gasteiger partial charge on any atom is -0.390 e. The van der Waals surface area contributed by atoms with E-state index >= 15 is 0 Å². The SMILES string of the molecule is CCCN(CCC)CC(O)CN(CC)S(=O)(=O)c1cc(Br)ccc1Br. The van der Waals surface area contributed by atoms with Crippen molar-refractivity contribution in [3.8, 4) is 0 Å². The second-order valence-electron chi connectivity index (χ2n) is 5.98. The molecule has 144 valence electrons. The highest BCUT2D eigenvalue weighted by Gasteiger charge is 2.28. The number of rotatable bonds is 11. The number of nitrogens with zero attached hydrogens (tertiary/aromatic N) is 2. The van der Waals surface area contributed by atoms with Crippen molar-refractivity contribution in [1.82, 2.24) is 9.21 Å². The molecule has 1 atom stereocenters. The molecule has 25 heavy (non-hydrogen) atoms. The van der Waals surface area contributed by atoms with Crippen LogP contribution in [0, 0.1) is 0 Å². The molecule has 0 spiro atoms. The molecule has 0 heterocycles. The van der Waals surface area contributed by atoms with Crippen molar-refractivity contribution in [1.29, 1.82) is 0 Å². The summed E-state index contributed by atoms with van der Waals surface area (Å²) in [5.74, 6) is 0. The summed E-state index contributed by atoms with van der Waals surface area (Å²) in [6.07, 6.45) is 1.29. The number of aliphatic hydroxyl groups excluding tert-OH is 1. The third-order valence-corrected chi connectivity index (χ3v) is 7.25. The third-order valence-electron chi connectivity index (χ3n) is 3.83. The summed E-state index contributed by atoms with van der Waals surface area (Å²) in [4.78, 5) is 2.38. The highest BCUT2D eigenvalue weighted by atomic mass is 79.9. The molecule has 1 N–H and O–H groups in total. The third kappa shape index (κ3) is 6.92. The Morgan fingerprint density at radius 3 is 2.20 bits per heavy atom. The largest absolute Gasteiger partial charge is 0.390 e. The van der Waals surface area contributed by atoms with E-state index in [9.17, 15) is 13.5 Å². The average Bonchev–Trinajstić information content (AvgIpc) is 2.55. The van der Waals surface area contributed by atoms with Crippen LogP contribution in [0.3, 0.4) is 0 Å². The van der Waals surface area contributed by atoms with Crippen LogP contribution in [-0.4, -0.2) is 61.6 Å². The molecule has 0 aliphatic heterocycles. The normalized spacial score (nSPS) is 13.6. The van der Waals surface area contributed by atoms with Gasteiger partial charge in [0.15, 0.2) is 0 Å². The van der Waals surface area contributed by atoms with Crippen LogP contribution in [0.2, 0.25) is 0 Å². The lowest BCUT2D eigenvalue weighted by atomic mass is 10.3.